The third-order valence-electron chi connectivity index (χ3n) is 16.9. The van der Waals surface area contributed by atoms with Crippen molar-refractivity contribution >= 4 is 39.8 Å². The van der Waals surface area contributed by atoms with Gasteiger partial charge in [-0.3, -0.25) is 29.3 Å². The second kappa shape index (κ2) is 24.8. The number of carboxylic acids is 1. The van der Waals surface area contributed by atoms with Crippen LogP contribution in [-0.2, 0) is 25.5 Å². The number of imide groups is 1. The number of anilines is 1. The van der Waals surface area contributed by atoms with Crippen LogP contribution >= 0.6 is 10.2 Å². The third-order valence-corrected chi connectivity index (χ3v) is 18.0. The molecule has 1 saturated heterocycles. The van der Waals surface area contributed by atoms with E-state index in [0.717, 1.165) is 112 Å². The lowest BCUT2D eigenvalue weighted by atomic mass is 9.74. The Morgan fingerprint density at radius 2 is 1.01 bits per heavy atom. The largest absolute Gasteiger partial charge is 0.481 e. The maximum Gasteiger partial charge on any atom is 0.416 e. The van der Waals surface area contributed by atoms with Gasteiger partial charge in [0.2, 0.25) is 11.8 Å². The highest BCUT2D eigenvalue weighted by Crippen LogP contribution is 3.02. The molecule has 2 N–H and O–H groups in total. The van der Waals surface area contributed by atoms with Gasteiger partial charge >= 0.3 is 22.3 Å². The predicted molar refractivity (Wildman–Crippen MR) is 295 cm³/mol. The quantitative estimate of drug-likeness (QED) is 0.110. The number of cyclic esters (lactones) is 1. The van der Waals surface area contributed by atoms with Crippen LogP contribution in [0.3, 0.4) is 0 Å². The Hall–Kier alpha value is -6.23. The molecule has 3 saturated carbocycles. The number of halogens is 5. The second-order valence-corrected chi connectivity index (χ2v) is 24.8. The summed E-state index contributed by atoms with van der Waals surface area (Å²) in [4.78, 5) is 61.3. The van der Waals surface area contributed by atoms with Crippen LogP contribution in [0.5, 0.6) is 0 Å². The third kappa shape index (κ3) is 16.2. The lowest BCUT2D eigenvalue weighted by Crippen LogP contribution is -2.45. The number of pyridine rings is 3. The van der Waals surface area contributed by atoms with Crippen LogP contribution in [0, 0.1) is 56.3 Å². The molecule has 0 radical (unpaired) electrons. The van der Waals surface area contributed by atoms with E-state index in [4.69, 9.17) is 9.84 Å². The minimum Gasteiger partial charge on any atom is -0.481 e. The van der Waals surface area contributed by atoms with Gasteiger partial charge in [0.05, 0.1) is 12.0 Å². The Kier molecular flexibility index (Phi) is 18.9. The van der Waals surface area contributed by atoms with Crippen molar-refractivity contribution in [1.82, 2.24) is 19.9 Å². The SMILES string of the molecule is Cc1cc(C2CCC([C@@H](C)C(=O)N3C(=O)OC[C@H]3Cc3ccccc3)CC2)ccn1.Cc1cc(C2CCC([C@@H](C)C(=O)Nc3ccc(S(F)(F)(F)(F)F)cc3)CC2)ccn1.Cc1cc(C2CCC([C@@H](C)C(=O)O)CC2)ccn1. The first kappa shape index (κ1) is 59.4. The van der Waals surface area contributed by atoms with Crippen LogP contribution in [0.4, 0.5) is 29.9 Å². The van der Waals surface area contributed by atoms with Crippen LogP contribution in [0.2, 0.25) is 0 Å². The molecule has 17 heteroatoms. The molecule has 4 atom stereocenters. The number of carboxylic acid groups (broad SMARTS) is 1. The zero-order chi connectivity index (χ0) is 56.4. The van der Waals surface area contributed by atoms with Gasteiger partial charge in [-0.1, -0.05) is 70.5 Å². The van der Waals surface area contributed by atoms with E-state index in [1.807, 2.05) is 83.4 Å². The van der Waals surface area contributed by atoms with Crippen LogP contribution in [0.25, 0.3) is 0 Å². The summed E-state index contributed by atoms with van der Waals surface area (Å²) in [5.74, 6) is 0.601. The van der Waals surface area contributed by atoms with Crippen molar-refractivity contribution in [2.24, 2.45) is 35.5 Å². The molecule has 4 heterocycles. The van der Waals surface area contributed by atoms with Crippen LogP contribution in [0.15, 0.2) is 114 Å². The molecule has 1 aliphatic heterocycles. The number of hydrogen-bond donors (Lipinski definition) is 2. The Balaban J connectivity index is 0.000000175. The van der Waals surface area contributed by atoms with E-state index >= 15 is 0 Å². The smallest absolute Gasteiger partial charge is 0.416 e. The molecule has 3 aromatic heterocycles. The van der Waals surface area contributed by atoms with Gasteiger partial charge < -0.3 is 15.2 Å². The molecule has 5 aromatic rings. The Morgan fingerprint density at radius 3 is 1.41 bits per heavy atom. The summed E-state index contributed by atoms with van der Waals surface area (Å²) >= 11 is 0. The minimum absolute atomic E-state index is 0.0680. The molecule has 11 nitrogen and oxygen atoms in total. The first-order valence-electron chi connectivity index (χ1n) is 27.5. The second-order valence-electron chi connectivity index (χ2n) is 22.3. The van der Waals surface area contributed by atoms with Crippen molar-refractivity contribution in [2.75, 3.05) is 11.9 Å². The molecule has 0 spiro atoms. The lowest BCUT2D eigenvalue weighted by molar-refractivity contribution is -0.143. The van der Waals surface area contributed by atoms with E-state index < -0.39 is 27.2 Å². The van der Waals surface area contributed by atoms with Gasteiger partial charge in [-0.05, 0) is 223 Å². The van der Waals surface area contributed by atoms with E-state index in [0.29, 0.717) is 48.1 Å². The number of ether oxygens (including phenoxy) is 1. The number of nitrogens with zero attached hydrogens (tertiary/aromatic N) is 4. The number of hydrogen-bond acceptors (Lipinski definition) is 8. The summed E-state index contributed by atoms with van der Waals surface area (Å²) in [6.45, 7) is 11.9. The molecule has 0 unspecified atom stereocenters. The minimum atomic E-state index is -9.71. The fraction of sp³-hybridized carbons (Fsp3) is 0.492. The molecule has 4 aliphatic rings. The van der Waals surface area contributed by atoms with Gasteiger partial charge in [0.25, 0.3) is 0 Å². The number of carbonyl (C=O) groups excluding carboxylic acids is 3. The maximum atomic E-state index is 13.3. The van der Waals surface area contributed by atoms with Gasteiger partial charge in [-0.15, -0.1) is 0 Å². The molecule has 422 valence electrons. The highest BCUT2D eigenvalue weighted by Gasteiger charge is 2.65. The number of carbonyl (C=O) groups is 4. The summed E-state index contributed by atoms with van der Waals surface area (Å²) in [5, 5.41) is 11.6. The van der Waals surface area contributed by atoms with Crippen LogP contribution < -0.4 is 5.32 Å². The van der Waals surface area contributed by atoms with Crippen molar-refractivity contribution in [3.63, 3.8) is 0 Å². The molecule has 3 amide bonds. The van der Waals surface area contributed by atoms with Gasteiger partial charge in [-0.2, -0.15) is 0 Å². The first-order valence-corrected chi connectivity index (χ1v) is 29.5. The number of aliphatic carboxylic acids is 1. The summed E-state index contributed by atoms with van der Waals surface area (Å²) in [6, 6.07) is 24.7. The average Bonchev–Trinajstić information content (AvgIpc) is 3.96. The number of amides is 3. The monoisotopic (exact) mass is 1100 g/mol. The molecule has 3 aliphatic carbocycles. The molecule has 4 fully saturated rings. The maximum absolute atomic E-state index is 13.3. The van der Waals surface area contributed by atoms with Crippen molar-refractivity contribution < 1.29 is 48.5 Å². The zero-order valence-corrected chi connectivity index (χ0v) is 46.5. The highest BCUT2D eigenvalue weighted by molar-refractivity contribution is 8.45. The van der Waals surface area contributed by atoms with E-state index in [-0.39, 0.29) is 53.8 Å². The molecule has 9 rings (SSSR count). The van der Waals surface area contributed by atoms with Crippen molar-refractivity contribution in [1.29, 1.82) is 0 Å². The number of aromatic nitrogens is 3. The normalized spacial score (nSPS) is 24.5. The fourth-order valence-electron chi connectivity index (χ4n) is 12.0. The van der Waals surface area contributed by atoms with Crippen molar-refractivity contribution in [3.05, 3.63) is 149 Å². The number of aryl methyl sites for hydroxylation is 3. The molecular weight excluding hydrogens is 1030 g/mol. The van der Waals surface area contributed by atoms with Crippen LogP contribution in [0.1, 0.15) is 155 Å². The Labute approximate surface area is 456 Å². The van der Waals surface area contributed by atoms with E-state index in [9.17, 15) is 38.6 Å². The number of benzene rings is 2. The van der Waals surface area contributed by atoms with E-state index in [2.05, 4.69) is 50.6 Å². The summed E-state index contributed by atoms with van der Waals surface area (Å²) < 4.78 is 69.2. The zero-order valence-electron chi connectivity index (χ0n) is 45.6. The van der Waals surface area contributed by atoms with E-state index in [1.165, 1.54) is 21.6 Å². The Bertz CT molecular complexity index is 2840. The van der Waals surface area contributed by atoms with Crippen molar-refractivity contribution in [2.45, 2.75) is 154 Å². The standard InChI is InChI=1S/C25H30N2O3.C21H25F5N2OS.C15H21NO2/c1-17-14-22(12-13-26-17)21-10-8-20(9-11-21)18(2)24(28)27-23(16-30-25(27)29)15-19-6-4-3-5-7-19;1-14-13-18(11-12-27-14)17-5-3-16(4-6-17)15(2)21(29)28-19-7-9-20(10-8-19)30(22,23,24,25)26;1-10-9-14(7-8-16-10)13-5-3-12(4-6-13)11(2)15(17)18/h3-7,12-14,18,20-21,23H,8-11,15-16H2,1-2H3;7-13,15-17H,3-6H2,1-2H3,(H,28,29);7-9,11-13H,3-6H2,1-2H3,(H,17,18)/t18-,20?,21?,23-;15-,16?,17?;11-,12?,13?/m111/s1. The molecular formula is C61H76F5N5O6S. The summed E-state index contributed by atoms with van der Waals surface area (Å²) in [5.41, 5.74) is 8.23. The van der Waals surface area contributed by atoms with Crippen molar-refractivity contribution in [3.8, 4) is 0 Å². The highest BCUT2D eigenvalue weighted by atomic mass is 32.5. The first-order chi connectivity index (χ1) is 36.8. The van der Waals surface area contributed by atoms with Gasteiger partial charge in [0.1, 0.15) is 11.5 Å². The fourth-order valence-corrected chi connectivity index (χ4v) is 12.6. The van der Waals surface area contributed by atoms with E-state index in [1.54, 1.807) is 13.1 Å². The lowest BCUT2D eigenvalue weighted by Gasteiger charge is -2.40. The predicted octanol–water partition coefficient (Wildman–Crippen LogP) is 15.9. The molecule has 78 heavy (non-hydrogen) atoms. The number of rotatable bonds is 13. The molecule has 0 bridgehead atoms. The summed E-state index contributed by atoms with van der Waals surface area (Å²) in [7, 11) is -9.71. The summed E-state index contributed by atoms with van der Waals surface area (Å²) in [6.07, 6.45) is 17.7. The van der Waals surface area contributed by atoms with Gasteiger partial charge in [0, 0.05) is 53.2 Å². The van der Waals surface area contributed by atoms with Crippen LogP contribution in [-0.4, -0.2) is 61.5 Å². The van der Waals surface area contributed by atoms with Gasteiger partial charge in [0.15, 0.2) is 0 Å². The topological polar surface area (TPSA) is 152 Å². The van der Waals surface area contributed by atoms with Gasteiger partial charge in [-0.25, -0.2) is 9.69 Å². The average molecular weight is 1100 g/mol. The Morgan fingerprint density at radius 1 is 0.603 bits per heavy atom. The molecule has 2 aromatic carbocycles. The number of nitrogens with one attached hydrogen (secondary N) is 1.